The van der Waals surface area contributed by atoms with Crippen LogP contribution in [0.1, 0.15) is 38.8 Å². The number of carbonyl (C=O) groups is 2. The third-order valence-corrected chi connectivity index (χ3v) is 4.47. The fourth-order valence-electron chi connectivity index (χ4n) is 2.79. The van der Waals surface area contributed by atoms with Crippen molar-refractivity contribution in [1.82, 2.24) is 0 Å². The number of hydrogen-bond donors (Lipinski definition) is 0. The number of esters is 2. The average molecular weight is 400 g/mol. The van der Waals surface area contributed by atoms with E-state index in [1.165, 1.54) is 13.8 Å². The molecule has 0 fully saturated rings. The quantitative estimate of drug-likeness (QED) is 0.445. The first kappa shape index (κ1) is 22.3. The lowest BCUT2D eigenvalue weighted by Gasteiger charge is -2.26. The molecule has 0 heterocycles. The van der Waals surface area contributed by atoms with E-state index < -0.39 is 0 Å². The van der Waals surface area contributed by atoms with E-state index in [0.717, 1.165) is 22.6 Å². The fraction of sp³-hybridized carbons (Fsp3) is 0.391. The summed E-state index contributed by atoms with van der Waals surface area (Å²) in [6.07, 6.45) is 0. The Kier molecular flexibility index (Phi) is 8.07. The molecule has 2 aromatic rings. The second-order valence-electron chi connectivity index (χ2n) is 7.05. The van der Waals surface area contributed by atoms with E-state index in [1.807, 2.05) is 48.5 Å². The van der Waals surface area contributed by atoms with Crippen LogP contribution in [0.25, 0.3) is 0 Å². The van der Waals surface area contributed by atoms with Gasteiger partial charge in [-0.3, -0.25) is 9.59 Å². The van der Waals surface area contributed by atoms with Crippen molar-refractivity contribution >= 4 is 11.9 Å². The molecule has 0 saturated carbocycles. The molecule has 0 amide bonds. The van der Waals surface area contributed by atoms with Crippen LogP contribution in [-0.2, 0) is 24.5 Å². The molecular weight excluding hydrogens is 372 g/mol. The van der Waals surface area contributed by atoms with Crippen molar-refractivity contribution in [3.05, 3.63) is 59.7 Å². The van der Waals surface area contributed by atoms with Gasteiger partial charge in [0.05, 0.1) is 0 Å². The summed E-state index contributed by atoms with van der Waals surface area (Å²) in [6.45, 7) is 8.16. The molecule has 0 atom stereocenters. The lowest BCUT2D eigenvalue weighted by Crippen LogP contribution is -2.19. The highest BCUT2D eigenvalue weighted by Crippen LogP contribution is 2.33. The Labute approximate surface area is 171 Å². The van der Waals surface area contributed by atoms with Gasteiger partial charge in [0.15, 0.2) is 0 Å². The summed E-state index contributed by atoms with van der Waals surface area (Å²) in [5.74, 6) is 0.833. The highest BCUT2D eigenvalue weighted by Gasteiger charge is 2.23. The van der Waals surface area contributed by atoms with Gasteiger partial charge in [0.2, 0.25) is 0 Å². The predicted octanol–water partition coefficient (Wildman–Crippen LogP) is 3.90. The second kappa shape index (κ2) is 10.5. The van der Waals surface area contributed by atoms with Crippen molar-refractivity contribution < 1.29 is 28.5 Å². The van der Waals surface area contributed by atoms with E-state index in [1.54, 1.807) is 0 Å². The van der Waals surface area contributed by atoms with Crippen LogP contribution in [0.5, 0.6) is 11.5 Å². The van der Waals surface area contributed by atoms with Crippen molar-refractivity contribution in [2.45, 2.75) is 33.1 Å². The molecule has 156 valence electrons. The molecule has 0 unspecified atom stereocenters. The molecule has 0 aliphatic heterocycles. The van der Waals surface area contributed by atoms with E-state index in [0.29, 0.717) is 13.2 Å². The Bertz CT molecular complexity index is 726. The van der Waals surface area contributed by atoms with Gasteiger partial charge >= 0.3 is 11.9 Å². The minimum Gasteiger partial charge on any atom is -0.490 e. The highest BCUT2D eigenvalue weighted by molar-refractivity contribution is 5.66. The summed E-state index contributed by atoms with van der Waals surface area (Å²) < 4.78 is 20.9. The van der Waals surface area contributed by atoms with Crippen molar-refractivity contribution in [3.8, 4) is 11.5 Å². The Morgan fingerprint density at radius 1 is 0.655 bits per heavy atom. The average Bonchev–Trinajstić information content (AvgIpc) is 2.69. The second-order valence-corrected chi connectivity index (χ2v) is 7.05. The zero-order valence-corrected chi connectivity index (χ0v) is 17.4. The van der Waals surface area contributed by atoms with E-state index in [9.17, 15) is 9.59 Å². The highest BCUT2D eigenvalue weighted by atomic mass is 16.6. The number of rotatable bonds is 10. The third-order valence-electron chi connectivity index (χ3n) is 4.47. The molecule has 0 aliphatic rings. The van der Waals surface area contributed by atoms with Gasteiger partial charge in [0.25, 0.3) is 0 Å². The predicted molar refractivity (Wildman–Crippen MR) is 109 cm³/mol. The van der Waals surface area contributed by atoms with Crippen molar-refractivity contribution in [1.29, 1.82) is 0 Å². The summed E-state index contributed by atoms with van der Waals surface area (Å²) >= 11 is 0. The Hall–Kier alpha value is -3.02. The lowest BCUT2D eigenvalue weighted by atomic mass is 9.78. The standard InChI is InChI=1S/C23H28O6/c1-17(24)26-13-15-28-21-9-5-19(6-10-21)23(3,4)20-7-11-22(12-8-20)29-16-14-27-18(2)25/h5-12H,13-16H2,1-4H3. The van der Waals surface area contributed by atoms with E-state index in [4.69, 9.17) is 18.9 Å². The zero-order valence-electron chi connectivity index (χ0n) is 17.4. The number of benzene rings is 2. The van der Waals surface area contributed by atoms with Crippen molar-refractivity contribution in [2.24, 2.45) is 0 Å². The summed E-state index contributed by atoms with van der Waals surface area (Å²) in [6, 6.07) is 15.8. The normalized spacial score (nSPS) is 10.9. The van der Waals surface area contributed by atoms with Crippen LogP contribution in [0, 0.1) is 0 Å². The SMILES string of the molecule is CC(=O)OCCOc1ccc(C(C)(C)c2ccc(OCCOC(C)=O)cc2)cc1. The minimum absolute atomic E-state index is 0.202. The molecule has 0 N–H and O–H groups in total. The molecule has 29 heavy (non-hydrogen) atoms. The number of ether oxygens (including phenoxy) is 4. The smallest absolute Gasteiger partial charge is 0.302 e. The monoisotopic (exact) mass is 400 g/mol. The number of carbonyl (C=O) groups excluding carboxylic acids is 2. The molecular formula is C23H28O6. The molecule has 6 heteroatoms. The van der Waals surface area contributed by atoms with Gasteiger partial charge in [-0.2, -0.15) is 0 Å². The fourth-order valence-corrected chi connectivity index (χ4v) is 2.79. The van der Waals surface area contributed by atoms with Gasteiger partial charge in [0.1, 0.15) is 37.9 Å². The summed E-state index contributed by atoms with van der Waals surface area (Å²) in [5, 5.41) is 0. The van der Waals surface area contributed by atoms with Crippen LogP contribution in [0.3, 0.4) is 0 Å². The van der Waals surface area contributed by atoms with E-state index in [-0.39, 0.29) is 30.6 Å². The van der Waals surface area contributed by atoms with E-state index >= 15 is 0 Å². The van der Waals surface area contributed by atoms with Gasteiger partial charge in [-0.1, -0.05) is 38.1 Å². The zero-order chi connectivity index (χ0) is 21.3. The van der Waals surface area contributed by atoms with Crippen LogP contribution >= 0.6 is 0 Å². The largest absolute Gasteiger partial charge is 0.490 e. The van der Waals surface area contributed by atoms with Crippen molar-refractivity contribution in [3.63, 3.8) is 0 Å². The van der Waals surface area contributed by atoms with Gasteiger partial charge in [-0.25, -0.2) is 0 Å². The maximum Gasteiger partial charge on any atom is 0.302 e. The summed E-state index contributed by atoms with van der Waals surface area (Å²) in [4.78, 5) is 21.5. The van der Waals surface area contributed by atoms with Crippen LogP contribution in [0.15, 0.2) is 48.5 Å². The Morgan fingerprint density at radius 2 is 1.00 bits per heavy atom. The van der Waals surface area contributed by atoms with Crippen LogP contribution in [0.2, 0.25) is 0 Å². The van der Waals surface area contributed by atoms with E-state index in [2.05, 4.69) is 13.8 Å². The molecule has 0 bridgehead atoms. The topological polar surface area (TPSA) is 71.1 Å². The maximum atomic E-state index is 10.8. The summed E-state index contributed by atoms with van der Waals surface area (Å²) in [7, 11) is 0. The Morgan fingerprint density at radius 3 is 1.31 bits per heavy atom. The van der Waals surface area contributed by atoms with Gasteiger partial charge in [-0.05, 0) is 35.4 Å². The van der Waals surface area contributed by atoms with Gasteiger partial charge in [0, 0.05) is 19.3 Å². The van der Waals surface area contributed by atoms with Crippen molar-refractivity contribution in [2.75, 3.05) is 26.4 Å². The lowest BCUT2D eigenvalue weighted by molar-refractivity contribution is -0.142. The molecule has 0 aliphatic carbocycles. The first-order chi connectivity index (χ1) is 13.8. The third kappa shape index (κ3) is 7.14. The first-order valence-electron chi connectivity index (χ1n) is 9.52. The Balaban J connectivity index is 1.93. The number of hydrogen-bond acceptors (Lipinski definition) is 6. The molecule has 0 saturated heterocycles. The maximum absolute atomic E-state index is 10.8. The van der Waals surface area contributed by atoms with Crippen LogP contribution < -0.4 is 9.47 Å². The summed E-state index contributed by atoms with van der Waals surface area (Å²) in [5.41, 5.74) is 2.09. The van der Waals surface area contributed by atoms with Gasteiger partial charge < -0.3 is 18.9 Å². The molecule has 2 aromatic carbocycles. The van der Waals surface area contributed by atoms with Crippen LogP contribution in [0.4, 0.5) is 0 Å². The molecule has 6 nitrogen and oxygen atoms in total. The molecule has 0 spiro atoms. The molecule has 0 radical (unpaired) electrons. The molecule has 0 aromatic heterocycles. The van der Waals surface area contributed by atoms with Crippen LogP contribution in [-0.4, -0.2) is 38.4 Å². The minimum atomic E-state index is -0.313. The molecule has 2 rings (SSSR count). The van der Waals surface area contributed by atoms with Gasteiger partial charge in [-0.15, -0.1) is 0 Å². The first-order valence-corrected chi connectivity index (χ1v) is 9.52.